The van der Waals surface area contributed by atoms with Crippen LogP contribution in [-0.2, 0) is 31.9 Å². The lowest BCUT2D eigenvalue weighted by Gasteiger charge is -2.33. The maximum Gasteiger partial charge on any atom is 0.408 e. The molecule has 2 aromatic carbocycles. The van der Waals surface area contributed by atoms with E-state index in [0.717, 1.165) is 30.4 Å². The fourth-order valence-electron chi connectivity index (χ4n) is 4.87. The van der Waals surface area contributed by atoms with Gasteiger partial charge in [0.2, 0.25) is 11.8 Å². The molecule has 9 nitrogen and oxygen atoms in total. The zero-order chi connectivity index (χ0) is 30.4. The zero-order valence-electron chi connectivity index (χ0n) is 25.1. The third-order valence-corrected chi connectivity index (χ3v) is 6.92. The van der Waals surface area contributed by atoms with Crippen molar-refractivity contribution in [2.24, 2.45) is 5.41 Å². The Labute approximate surface area is 242 Å². The van der Waals surface area contributed by atoms with Crippen molar-refractivity contribution >= 4 is 23.9 Å². The topological polar surface area (TPSA) is 123 Å². The standard InChI is InChI=1S/C32H43N3O6/c1-31(2,3)26(35-30(39)41-32(4,5)6)28(37)34-25(19-20-15-17-22(18-16-20)29(38)40-7)27(36)33-24-14-10-12-21-11-8-9-13-23(21)24/h8-9,11,13,15-18,24-26H,10,12,14,19H2,1-7H3,(H,33,36)(H,34,37)(H,35,39). The number of benzene rings is 2. The van der Waals surface area contributed by atoms with Crippen LogP contribution in [0, 0.1) is 5.41 Å². The summed E-state index contributed by atoms with van der Waals surface area (Å²) in [7, 11) is 1.31. The highest BCUT2D eigenvalue weighted by molar-refractivity contribution is 5.92. The van der Waals surface area contributed by atoms with Crippen LogP contribution in [0.4, 0.5) is 4.79 Å². The van der Waals surface area contributed by atoms with Crippen molar-refractivity contribution < 1.29 is 28.7 Å². The van der Waals surface area contributed by atoms with Gasteiger partial charge >= 0.3 is 12.1 Å². The first-order valence-electron chi connectivity index (χ1n) is 14.0. The first-order valence-corrected chi connectivity index (χ1v) is 14.0. The second-order valence-electron chi connectivity index (χ2n) is 12.6. The molecule has 0 saturated heterocycles. The second kappa shape index (κ2) is 13.2. The molecule has 0 heterocycles. The molecule has 0 radical (unpaired) electrons. The van der Waals surface area contributed by atoms with E-state index >= 15 is 0 Å². The van der Waals surface area contributed by atoms with Crippen molar-refractivity contribution in [1.82, 2.24) is 16.0 Å². The van der Waals surface area contributed by atoms with E-state index in [4.69, 9.17) is 9.47 Å². The number of ether oxygens (including phenoxy) is 2. The number of hydrogen-bond acceptors (Lipinski definition) is 6. The number of aryl methyl sites for hydroxylation is 1. The average Bonchev–Trinajstić information content (AvgIpc) is 2.89. The summed E-state index contributed by atoms with van der Waals surface area (Å²) in [5.41, 5.74) is 2.00. The summed E-state index contributed by atoms with van der Waals surface area (Å²) >= 11 is 0. The Morgan fingerprint density at radius 3 is 2.17 bits per heavy atom. The molecule has 1 aliphatic carbocycles. The monoisotopic (exact) mass is 565 g/mol. The molecular formula is C32H43N3O6. The van der Waals surface area contributed by atoms with Crippen molar-refractivity contribution in [2.75, 3.05) is 7.11 Å². The number of hydrogen-bond donors (Lipinski definition) is 3. The number of methoxy groups -OCH3 is 1. The van der Waals surface area contributed by atoms with Gasteiger partial charge in [0.15, 0.2) is 0 Å². The maximum atomic E-state index is 13.8. The largest absolute Gasteiger partial charge is 0.465 e. The lowest BCUT2D eigenvalue weighted by molar-refractivity contribution is -0.131. The highest BCUT2D eigenvalue weighted by atomic mass is 16.6. The molecule has 3 amide bonds. The van der Waals surface area contributed by atoms with Gasteiger partial charge in [0.25, 0.3) is 0 Å². The number of nitrogens with one attached hydrogen (secondary N) is 3. The summed E-state index contributed by atoms with van der Waals surface area (Å²) in [6.45, 7) is 10.7. The van der Waals surface area contributed by atoms with Gasteiger partial charge in [-0.05, 0) is 74.3 Å². The van der Waals surface area contributed by atoms with Gasteiger partial charge in [-0.2, -0.15) is 0 Å². The highest BCUT2D eigenvalue weighted by Crippen LogP contribution is 2.29. The van der Waals surface area contributed by atoms with E-state index in [9.17, 15) is 19.2 Å². The Hall–Kier alpha value is -3.88. The summed E-state index contributed by atoms with van der Waals surface area (Å²) in [6, 6.07) is 12.7. The molecule has 222 valence electrons. The van der Waals surface area contributed by atoms with Crippen molar-refractivity contribution in [3.63, 3.8) is 0 Å². The molecule has 9 heteroatoms. The predicted octanol–water partition coefficient (Wildman–Crippen LogP) is 4.63. The summed E-state index contributed by atoms with van der Waals surface area (Å²) < 4.78 is 10.2. The maximum absolute atomic E-state index is 13.8. The molecule has 3 rings (SSSR count). The number of esters is 1. The van der Waals surface area contributed by atoms with Crippen LogP contribution < -0.4 is 16.0 Å². The Balaban J connectivity index is 1.85. The van der Waals surface area contributed by atoms with Crippen molar-refractivity contribution in [1.29, 1.82) is 0 Å². The Kier molecular flexibility index (Phi) is 10.2. The third-order valence-electron chi connectivity index (χ3n) is 6.92. The molecule has 3 N–H and O–H groups in total. The SMILES string of the molecule is COC(=O)c1ccc(CC(NC(=O)C(NC(=O)OC(C)(C)C)C(C)(C)C)C(=O)NC2CCCc3ccccc32)cc1. The van der Waals surface area contributed by atoms with Crippen molar-refractivity contribution in [2.45, 2.75) is 91.0 Å². The summed E-state index contributed by atoms with van der Waals surface area (Å²) in [6.07, 6.45) is 2.16. The predicted molar refractivity (Wildman–Crippen MR) is 156 cm³/mol. The number of fused-ring (bicyclic) bond motifs is 1. The average molecular weight is 566 g/mol. The van der Waals surface area contributed by atoms with Gasteiger partial charge in [-0.25, -0.2) is 9.59 Å². The van der Waals surface area contributed by atoms with E-state index < -0.39 is 41.1 Å². The van der Waals surface area contributed by atoms with Gasteiger partial charge in [0.05, 0.1) is 18.7 Å². The lowest BCUT2D eigenvalue weighted by atomic mass is 9.85. The lowest BCUT2D eigenvalue weighted by Crippen LogP contribution is -2.58. The molecule has 0 fully saturated rings. The van der Waals surface area contributed by atoms with Crippen LogP contribution in [-0.4, -0.2) is 48.7 Å². The molecule has 1 aliphatic rings. The minimum atomic E-state index is -0.968. The van der Waals surface area contributed by atoms with Crippen LogP contribution in [0.25, 0.3) is 0 Å². The Morgan fingerprint density at radius 2 is 1.56 bits per heavy atom. The van der Waals surface area contributed by atoms with Crippen LogP contribution in [0.3, 0.4) is 0 Å². The zero-order valence-corrected chi connectivity index (χ0v) is 25.1. The number of carbonyl (C=O) groups is 4. The molecule has 0 aliphatic heterocycles. The summed E-state index contributed by atoms with van der Waals surface area (Å²) in [4.78, 5) is 51.9. The smallest absolute Gasteiger partial charge is 0.408 e. The van der Waals surface area contributed by atoms with E-state index in [1.165, 1.54) is 12.7 Å². The molecule has 2 aromatic rings. The molecule has 41 heavy (non-hydrogen) atoms. The number of rotatable bonds is 8. The third kappa shape index (κ3) is 9.06. The minimum absolute atomic E-state index is 0.174. The molecule has 0 bridgehead atoms. The number of carbonyl (C=O) groups excluding carboxylic acids is 4. The fraction of sp³-hybridized carbons (Fsp3) is 0.500. The normalized spacial score (nSPS) is 16.4. The van der Waals surface area contributed by atoms with Crippen LogP contribution in [0.5, 0.6) is 0 Å². The van der Waals surface area contributed by atoms with E-state index in [1.807, 2.05) is 39.0 Å². The molecular weight excluding hydrogens is 522 g/mol. The Morgan fingerprint density at radius 1 is 0.902 bits per heavy atom. The van der Waals surface area contributed by atoms with Gasteiger partial charge in [-0.15, -0.1) is 0 Å². The van der Waals surface area contributed by atoms with Gasteiger partial charge in [0.1, 0.15) is 17.7 Å². The van der Waals surface area contributed by atoms with Gasteiger partial charge in [0, 0.05) is 6.42 Å². The highest BCUT2D eigenvalue weighted by Gasteiger charge is 2.36. The van der Waals surface area contributed by atoms with Gasteiger partial charge < -0.3 is 25.4 Å². The molecule has 0 spiro atoms. The van der Waals surface area contributed by atoms with E-state index in [0.29, 0.717) is 5.56 Å². The van der Waals surface area contributed by atoms with Crippen molar-refractivity contribution in [3.8, 4) is 0 Å². The minimum Gasteiger partial charge on any atom is -0.465 e. The summed E-state index contributed by atoms with van der Waals surface area (Å²) in [5.74, 6) is -1.29. The van der Waals surface area contributed by atoms with Gasteiger partial charge in [-0.1, -0.05) is 57.2 Å². The fourth-order valence-corrected chi connectivity index (χ4v) is 4.87. The molecule has 3 atom stereocenters. The number of amides is 3. The van der Waals surface area contributed by atoms with E-state index in [1.54, 1.807) is 45.0 Å². The first kappa shape index (κ1) is 31.6. The molecule has 3 unspecified atom stereocenters. The van der Waals surface area contributed by atoms with Crippen LogP contribution >= 0.6 is 0 Å². The van der Waals surface area contributed by atoms with Gasteiger partial charge in [-0.3, -0.25) is 9.59 Å². The van der Waals surface area contributed by atoms with Crippen LogP contribution in [0.1, 0.15) is 87.5 Å². The number of alkyl carbamates (subject to hydrolysis) is 1. The van der Waals surface area contributed by atoms with E-state index in [2.05, 4.69) is 22.0 Å². The second-order valence-corrected chi connectivity index (χ2v) is 12.6. The van der Waals surface area contributed by atoms with Crippen molar-refractivity contribution in [3.05, 3.63) is 70.8 Å². The van der Waals surface area contributed by atoms with Crippen LogP contribution in [0.15, 0.2) is 48.5 Å². The summed E-state index contributed by atoms with van der Waals surface area (Å²) in [5, 5.41) is 8.72. The first-order chi connectivity index (χ1) is 19.2. The van der Waals surface area contributed by atoms with Crippen LogP contribution in [0.2, 0.25) is 0 Å². The quantitative estimate of drug-likeness (QED) is 0.401. The Bertz CT molecular complexity index is 1240. The van der Waals surface area contributed by atoms with E-state index in [-0.39, 0.29) is 18.4 Å². The molecule has 0 saturated carbocycles. The molecule has 0 aromatic heterocycles.